The first-order valence-corrected chi connectivity index (χ1v) is 8.17. The number of methoxy groups -OCH3 is 2. The Balaban J connectivity index is 2.88. The normalized spacial score (nSPS) is 12.4. The van der Waals surface area contributed by atoms with Gasteiger partial charge in [-0.05, 0) is 31.5 Å². The third kappa shape index (κ3) is 5.94. The van der Waals surface area contributed by atoms with Crippen molar-refractivity contribution in [2.75, 3.05) is 45.4 Å². The molecule has 0 fully saturated rings. The highest BCUT2D eigenvalue weighted by atomic mass is 79.9. The van der Waals surface area contributed by atoms with E-state index >= 15 is 0 Å². The molecular formula is C16H27BrN2O2. The minimum Gasteiger partial charge on any atom is -0.383 e. The van der Waals surface area contributed by atoms with Crippen LogP contribution in [-0.4, -0.2) is 46.6 Å². The molecule has 1 rings (SSSR count). The van der Waals surface area contributed by atoms with Crippen LogP contribution in [0.1, 0.15) is 19.4 Å². The van der Waals surface area contributed by atoms with E-state index in [1.165, 1.54) is 11.3 Å². The molecule has 0 aromatic heterocycles. The molecule has 0 spiro atoms. The monoisotopic (exact) mass is 358 g/mol. The summed E-state index contributed by atoms with van der Waals surface area (Å²) in [4.78, 5) is 2.38. The SMILES string of the molecule is CCN(c1cc(Br)ccc1CNCCOC)C(C)COC. The number of hydrogen-bond donors (Lipinski definition) is 1. The lowest BCUT2D eigenvalue weighted by atomic mass is 10.1. The summed E-state index contributed by atoms with van der Waals surface area (Å²) in [7, 11) is 3.47. The average molecular weight is 359 g/mol. The van der Waals surface area contributed by atoms with E-state index in [0.717, 1.165) is 37.3 Å². The van der Waals surface area contributed by atoms with Gasteiger partial charge in [-0.3, -0.25) is 0 Å². The molecule has 1 aromatic carbocycles. The first kappa shape index (κ1) is 18.4. The number of rotatable bonds is 10. The standard InChI is InChI=1S/C16H27BrN2O2/c1-5-19(13(2)12-21-4)16-10-15(17)7-6-14(16)11-18-8-9-20-3/h6-7,10,13,18H,5,8-9,11-12H2,1-4H3. The summed E-state index contributed by atoms with van der Waals surface area (Å²) in [5, 5.41) is 3.41. The molecule has 1 aromatic rings. The number of nitrogens with one attached hydrogen (secondary N) is 1. The van der Waals surface area contributed by atoms with Gasteiger partial charge in [-0.1, -0.05) is 22.0 Å². The third-order valence-corrected chi connectivity index (χ3v) is 3.93. The molecule has 120 valence electrons. The van der Waals surface area contributed by atoms with E-state index in [1.807, 2.05) is 0 Å². The van der Waals surface area contributed by atoms with Crippen molar-refractivity contribution in [3.63, 3.8) is 0 Å². The lowest BCUT2D eigenvalue weighted by molar-refractivity contribution is 0.182. The van der Waals surface area contributed by atoms with Gasteiger partial charge in [0.25, 0.3) is 0 Å². The highest BCUT2D eigenvalue weighted by Gasteiger charge is 2.16. The summed E-state index contributed by atoms with van der Waals surface area (Å²) in [6.45, 7) is 8.45. The summed E-state index contributed by atoms with van der Waals surface area (Å²) < 4.78 is 11.5. The summed E-state index contributed by atoms with van der Waals surface area (Å²) in [6, 6.07) is 6.78. The first-order valence-electron chi connectivity index (χ1n) is 7.37. The average Bonchev–Trinajstić information content (AvgIpc) is 2.46. The Morgan fingerprint density at radius 1 is 1.29 bits per heavy atom. The van der Waals surface area contributed by atoms with Crippen LogP contribution in [0.15, 0.2) is 22.7 Å². The zero-order valence-electron chi connectivity index (χ0n) is 13.5. The van der Waals surface area contributed by atoms with Gasteiger partial charge in [0.05, 0.1) is 13.2 Å². The molecule has 0 amide bonds. The number of halogens is 1. The lowest BCUT2D eigenvalue weighted by Gasteiger charge is -2.32. The van der Waals surface area contributed by atoms with Crippen LogP contribution in [0.2, 0.25) is 0 Å². The largest absolute Gasteiger partial charge is 0.383 e. The van der Waals surface area contributed by atoms with Crippen LogP contribution >= 0.6 is 15.9 Å². The molecule has 4 nitrogen and oxygen atoms in total. The second-order valence-corrected chi connectivity index (χ2v) is 5.95. The molecule has 0 aliphatic heterocycles. The van der Waals surface area contributed by atoms with E-state index in [0.29, 0.717) is 6.04 Å². The number of hydrogen-bond acceptors (Lipinski definition) is 4. The van der Waals surface area contributed by atoms with E-state index in [9.17, 15) is 0 Å². The molecule has 0 saturated carbocycles. The van der Waals surface area contributed by atoms with E-state index in [-0.39, 0.29) is 0 Å². The molecule has 21 heavy (non-hydrogen) atoms. The maximum absolute atomic E-state index is 5.31. The topological polar surface area (TPSA) is 33.7 Å². The van der Waals surface area contributed by atoms with Crippen molar-refractivity contribution in [2.45, 2.75) is 26.4 Å². The van der Waals surface area contributed by atoms with Crippen molar-refractivity contribution in [3.05, 3.63) is 28.2 Å². The fraction of sp³-hybridized carbons (Fsp3) is 0.625. The Hall–Kier alpha value is -0.620. The van der Waals surface area contributed by atoms with E-state index in [2.05, 4.69) is 58.2 Å². The molecule has 0 heterocycles. The third-order valence-electron chi connectivity index (χ3n) is 3.44. The van der Waals surface area contributed by atoms with Crippen molar-refractivity contribution in [2.24, 2.45) is 0 Å². The maximum atomic E-state index is 5.31. The van der Waals surface area contributed by atoms with Crippen molar-refractivity contribution in [3.8, 4) is 0 Å². The predicted octanol–water partition coefficient (Wildman–Crippen LogP) is 3.05. The second-order valence-electron chi connectivity index (χ2n) is 5.03. The lowest BCUT2D eigenvalue weighted by Crippen LogP contribution is -2.37. The van der Waals surface area contributed by atoms with E-state index in [4.69, 9.17) is 9.47 Å². The molecule has 1 atom stereocenters. The van der Waals surface area contributed by atoms with Gasteiger partial charge in [0.1, 0.15) is 0 Å². The zero-order valence-corrected chi connectivity index (χ0v) is 15.1. The number of anilines is 1. The Bertz CT molecular complexity index is 415. The molecule has 1 N–H and O–H groups in total. The fourth-order valence-corrected chi connectivity index (χ4v) is 2.75. The van der Waals surface area contributed by atoms with Gasteiger partial charge in [0.2, 0.25) is 0 Å². The Morgan fingerprint density at radius 3 is 2.67 bits per heavy atom. The fourth-order valence-electron chi connectivity index (χ4n) is 2.40. The first-order chi connectivity index (χ1) is 10.1. The summed E-state index contributed by atoms with van der Waals surface area (Å²) in [5.41, 5.74) is 2.54. The summed E-state index contributed by atoms with van der Waals surface area (Å²) >= 11 is 3.58. The Kier molecular flexibility index (Phi) is 8.92. The summed E-state index contributed by atoms with van der Waals surface area (Å²) in [6.07, 6.45) is 0. The van der Waals surface area contributed by atoms with Crippen LogP contribution in [0.5, 0.6) is 0 Å². The van der Waals surface area contributed by atoms with Crippen molar-refractivity contribution >= 4 is 21.6 Å². The highest BCUT2D eigenvalue weighted by Crippen LogP contribution is 2.27. The number of ether oxygens (including phenoxy) is 2. The zero-order chi connectivity index (χ0) is 15.7. The molecule has 0 aliphatic rings. The van der Waals surface area contributed by atoms with E-state index < -0.39 is 0 Å². The summed E-state index contributed by atoms with van der Waals surface area (Å²) in [5.74, 6) is 0. The van der Waals surface area contributed by atoms with Crippen LogP contribution in [-0.2, 0) is 16.0 Å². The van der Waals surface area contributed by atoms with Crippen molar-refractivity contribution in [1.29, 1.82) is 0 Å². The van der Waals surface area contributed by atoms with Crippen molar-refractivity contribution in [1.82, 2.24) is 5.32 Å². The maximum Gasteiger partial charge on any atom is 0.0663 e. The number of benzene rings is 1. The molecule has 0 radical (unpaired) electrons. The van der Waals surface area contributed by atoms with Gasteiger partial charge in [0.15, 0.2) is 0 Å². The van der Waals surface area contributed by atoms with Gasteiger partial charge in [0, 0.05) is 50.1 Å². The second kappa shape index (κ2) is 10.2. The predicted molar refractivity (Wildman–Crippen MR) is 92.1 cm³/mol. The van der Waals surface area contributed by atoms with Crippen LogP contribution in [0, 0.1) is 0 Å². The van der Waals surface area contributed by atoms with E-state index in [1.54, 1.807) is 14.2 Å². The van der Waals surface area contributed by atoms with Gasteiger partial charge < -0.3 is 19.7 Å². The minimum atomic E-state index is 0.340. The Morgan fingerprint density at radius 2 is 2.05 bits per heavy atom. The number of likely N-dealkylation sites (N-methyl/N-ethyl adjacent to an activating group) is 1. The molecule has 1 unspecified atom stereocenters. The Labute approximate surface area is 136 Å². The smallest absolute Gasteiger partial charge is 0.0663 e. The minimum absolute atomic E-state index is 0.340. The quantitative estimate of drug-likeness (QED) is 0.651. The van der Waals surface area contributed by atoms with Gasteiger partial charge >= 0.3 is 0 Å². The van der Waals surface area contributed by atoms with Gasteiger partial charge in [-0.25, -0.2) is 0 Å². The van der Waals surface area contributed by atoms with Crippen LogP contribution in [0.4, 0.5) is 5.69 Å². The molecule has 0 aliphatic carbocycles. The number of nitrogens with zero attached hydrogens (tertiary/aromatic N) is 1. The molecule has 5 heteroatoms. The van der Waals surface area contributed by atoms with Crippen LogP contribution < -0.4 is 10.2 Å². The molecule has 0 bridgehead atoms. The van der Waals surface area contributed by atoms with Crippen LogP contribution in [0.25, 0.3) is 0 Å². The van der Waals surface area contributed by atoms with Crippen LogP contribution in [0.3, 0.4) is 0 Å². The van der Waals surface area contributed by atoms with Gasteiger partial charge in [-0.15, -0.1) is 0 Å². The van der Waals surface area contributed by atoms with Crippen molar-refractivity contribution < 1.29 is 9.47 Å². The highest BCUT2D eigenvalue weighted by molar-refractivity contribution is 9.10. The molecule has 0 saturated heterocycles. The van der Waals surface area contributed by atoms with Gasteiger partial charge in [-0.2, -0.15) is 0 Å². The molecular weight excluding hydrogens is 332 g/mol.